The Morgan fingerprint density at radius 1 is 0.375 bits per heavy atom. The van der Waals surface area contributed by atoms with E-state index in [1.165, 1.54) is 12.1 Å². The molecule has 128 heavy (non-hydrogen) atoms. The van der Waals surface area contributed by atoms with Gasteiger partial charge in [-0.1, -0.05) is 76.7 Å². The van der Waals surface area contributed by atoms with Crippen LogP contribution in [0.15, 0.2) is 146 Å². The molecule has 0 unspecified atom stereocenters. The molecule has 3 aliphatic rings. The van der Waals surface area contributed by atoms with Crippen molar-refractivity contribution in [3.05, 3.63) is 263 Å². The van der Waals surface area contributed by atoms with Gasteiger partial charge in [-0.05, 0) is 154 Å². The van der Waals surface area contributed by atoms with Crippen molar-refractivity contribution < 1.29 is 37.5 Å². The van der Waals surface area contributed by atoms with Crippen LogP contribution in [0.2, 0.25) is 20.6 Å². The Hall–Kier alpha value is -11.8. The lowest BCUT2D eigenvalue weighted by atomic mass is 9.73. The normalized spacial score (nSPS) is 14.3. The topological polar surface area (TPSA) is 375 Å². The summed E-state index contributed by atoms with van der Waals surface area (Å²) in [6, 6.07) is 33.6. The van der Waals surface area contributed by atoms with E-state index in [1.807, 2.05) is 135 Å². The van der Waals surface area contributed by atoms with E-state index < -0.39 is 0 Å². The third kappa shape index (κ3) is 24.3. The van der Waals surface area contributed by atoms with E-state index >= 15 is 0 Å². The number of methoxy groups -OCH3 is 4. The van der Waals surface area contributed by atoms with Crippen LogP contribution in [0, 0.1) is 61.2 Å². The average molecular weight is 1820 g/mol. The maximum atomic E-state index is 13.7. The van der Waals surface area contributed by atoms with Crippen molar-refractivity contribution in [2.45, 2.75) is 143 Å². The molecule has 674 valence electrons. The number of rotatable bonds is 28. The number of aryl methyl sites for hydroxylation is 4. The van der Waals surface area contributed by atoms with E-state index in [-0.39, 0.29) is 51.0 Å². The molecular weight excluding hydrogens is 1710 g/mol. The highest BCUT2D eigenvalue weighted by molar-refractivity contribution is 6.30. The number of aromatic nitrogens is 15. The van der Waals surface area contributed by atoms with Crippen LogP contribution >= 0.6 is 46.4 Å². The SMILES string of the molecule is COc1c(C)cnc(CN(CC2(c3cccc(C)n3)CCOCC2)c2cc(Cl)nc(N)n2)c1C.COc1c(C)cnc(CN(CC2(c3ccccn3)CCOCC2)c2cc(Cl)nc(N)n2)c1C.COc1c(C)cnc(CN(CCc2ccccn2)c2cc(Cl)nc(N)n2)c1C.COc1ccnc(CN(CC2(c3ccc(F)cc3)CCOCC2)c2cc(Cl)nc(N)n2)c1C. The number of hydrogen-bond donors (Lipinski definition) is 4. The Bertz CT molecular complexity index is 5630. The van der Waals surface area contributed by atoms with Crippen LogP contribution in [-0.2, 0) is 63.1 Å². The smallest absolute Gasteiger partial charge is 0.223 e. The fourth-order valence-electron chi connectivity index (χ4n) is 16.6. The van der Waals surface area contributed by atoms with Gasteiger partial charge < -0.3 is 75.7 Å². The molecule has 35 heteroatoms. The van der Waals surface area contributed by atoms with Crippen molar-refractivity contribution in [2.75, 3.05) is 137 Å². The third-order valence-electron chi connectivity index (χ3n) is 23.5. The Kier molecular flexibility index (Phi) is 32.9. The Labute approximate surface area is 766 Å². The maximum Gasteiger partial charge on any atom is 0.223 e. The van der Waals surface area contributed by atoms with Gasteiger partial charge >= 0.3 is 0 Å². The van der Waals surface area contributed by atoms with Gasteiger partial charge in [-0.15, -0.1) is 0 Å². The summed E-state index contributed by atoms with van der Waals surface area (Å²) in [6.07, 6.45) is 16.5. The van der Waals surface area contributed by atoms with Crippen molar-refractivity contribution in [3.8, 4) is 23.0 Å². The minimum absolute atomic E-state index is 0.0978. The molecule has 0 saturated carbocycles. The van der Waals surface area contributed by atoms with E-state index in [1.54, 1.807) is 65.1 Å². The van der Waals surface area contributed by atoms with Crippen molar-refractivity contribution in [2.24, 2.45) is 0 Å². The lowest BCUT2D eigenvalue weighted by Gasteiger charge is -2.42. The van der Waals surface area contributed by atoms with E-state index in [2.05, 4.69) is 92.6 Å². The summed E-state index contributed by atoms with van der Waals surface area (Å²) in [5.74, 6) is 6.07. The highest BCUT2D eigenvalue weighted by atomic mass is 35.5. The number of hydrogen-bond acceptors (Lipinski definition) is 30. The predicted octanol–water partition coefficient (Wildman–Crippen LogP) is 15.8. The van der Waals surface area contributed by atoms with Gasteiger partial charge in [-0.25, -0.2) is 24.3 Å². The van der Waals surface area contributed by atoms with Gasteiger partial charge in [0.2, 0.25) is 23.8 Å². The Morgan fingerprint density at radius 2 is 0.750 bits per heavy atom. The number of halogens is 5. The summed E-state index contributed by atoms with van der Waals surface area (Å²) in [5.41, 5.74) is 38.6. The highest BCUT2D eigenvalue weighted by Gasteiger charge is 2.42. The monoisotopic (exact) mass is 1820 g/mol. The van der Waals surface area contributed by atoms with Gasteiger partial charge in [0.1, 0.15) is 72.7 Å². The second-order valence-electron chi connectivity index (χ2n) is 32.0. The standard InChI is InChI=1S/C25H31ClN6O2.C24H27ClFN5O2.C24H29ClN6O2.C20H23ClN6O/c1-16-13-28-19(18(3)23(16)33-4)14-32(22-12-21(26)30-24(27)31-22)15-25(8-10-34-11-9-25)20-7-5-6-17(2)29-20;1-16-19(28-10-7-20(16)32-2)14-31(22-13-21(25)29-23(27)30-22)15-24(8-11-33-12-9-24)17-3-5-18(26)6-4-17;1-16-13-28-18(17(2)22(16)32-3)14-31(21-12-20(25)29-23(26)30-21)15-24(7-10-33-11-8-24)19-6-4-5-9-27-19;1-13-11-24-16(14(2)19(13)28-3)12-27(9-7-15-6-4-5-8-23-15)18-10-17(21)25-20(22)26-18/h5-7,12-13H,8-11,14-15H2,1-4H3,(H2,27,30,31);3-7,10,13H,8-9,11-12,14-15H2,1-2H3,(H2,27,29,30);4-6,9,12-13H,7-8,10-11,14-15H2,1-3H3,(H2,26,29,30);4-6,8,10-11H,7,9,12H2,1-3H3,(H2,22,25,26). The molecule has 3 fully saturated rings. The van der Waals surface area contributed by atoms with Gasteiger partial charge in [-0.3, -0.25) is 34.9 Å². The van der Waals surface area contributed by atoms with Crippen LogP contribution in [0.25, 0.3) is 0 Å². The second-order valence-corrected chi connectivity index (χ2v) is 33.5. The second kappa shape index (κ2) is 44.3. The number of anilines is 8. The molecule has 30 nitrogen and oxygen atoms in total. The number of benzene rings is 1. The fraction of sp³-hybridized carbons (Fsp3) is 0.387. The summed E-state index contributed by atoms with van der Waals surface area (Å²) in [5, 5.41) is 1.16. The summed E-state index contributed by atoms with van der Waals surface area (Å²) in [4.78, 5) is 75.1. The molecule has 0 spiro atoms. The van der Waals surface area contributed by atoms with E-state index in [0.717, 1.165) is 158 Å². The largest absolute Gasteiger partial charge is 0.496 e. The summed E-state index contributed by atoms with van der Waals surface area (Å²) < 4.78 is 53.1. The molecule has 15 rings (SSSR count). The molecule has 0 atom stereocenters. The lowest BCUT2D eigenvalue weighted by molar-refractivity contribution is 0.0504. The van der Waals surface area contributed by atoms with Crippen LogP contribution in [-0.4, -0.2) is 169 Å². The molecule has 8 N–H and O–H groups in total. The van der Waals surface area contributed by atoms with Crippen LogP contribution in [0.1, 0.15) is 129 Å². The molecule has 1 aromatic carbocycles. The molecule has 12 aromatic rings. The molecule has 14 heterocycles. The zero-order valence-electron chi connectivity index (χ0n) is 74.3. The van der Waals surface area contributed by atoms with E-state index in [9.17, 15) is 4.39 Å². The van der Waals surface area contributed by atoms with Crippen LogP contribution < -0.4 is 61.5 Å². The molecule has 3 saturated heterocycles. The third-order valence-corrected chi connectivity index (χ3v) is 24.2. The molecule has 11 aromatic heterocycles. The number of nitrogens with zero attached hydrogens (tertiary/aromatic N) is 19. The summed E-state index contributed by atoms with van der Waals surface area (Å²) in [6.45, 7) is 24.5. The Morgan fingerprint density at radius 3 is 1.13 bits per heavy atom. The minimum atomic E-state index is -0.273. The quantitative estimate of drug-likeness (QED) is 0.0331. The van der Waals surface area contributed by atoms with Crippen LogP contribution in [0.4, 0.5) is 51.5 Å². The van der Waals surface area contributed by atoms with E-state index in [0.29, 0.717) is 131 Å². The zero-order valence-corrected chi connectivity index (χ0v) is 77.3. The van der Waals surface area contributed by atoms with Crippen molar-refractivity contribution >= 4 is 93.5 Å². The predicted molar refractivity (Wildman–Crippen MR) is 499 cm³/mol. The Balaban J connectivity index is 0.000000155. The van der Waals surface area contributed by atoms with Gasteiger partial charge in [-0.2, -0.15) is 19.9 Å². The maximum absolute atomic E-state index is 13.7. The minimum Gasteiger partial charge on any atom is -0.496 e. The number of ether oxygens (including phenoxy) is 7. The van der Waals surface area contributed by atoms with Crippen LogP contribution in [0.3, 0.4) is 0 Å². The summed E-state index contributed by atoms with van der Waals surface area (Å²) in [7, 11) is 6.67. The fourth-order valence-corrected chi connectivity index (χ4v) is 17.4. The first-order chi connectivity index (χ1) is 61.6. The number of nitrogen functional groups attached to an aromatic ring is 4. The highest BCUT2D eigenvalue weighted by Crippen LogP contribution is 2.42. The number of nitrogens with two attached hydrogens (primary N) is 4. The molecular formula is C93H110Cl4FN23O7. The van der Waals surface area contributed by atoms with Crippen molar-refractivity contribution in [1.29, 1.82) is 0 Å². The number of pyridine rings is 7. The average Bonchev–Trinajstić information content (AvgIpc) is 0.785. The lowest BCUT2D eigenvalue weighted by Crippen LogP contribution is -2.45. The molecule has 0 amide bonds. The van der Waals surface area contributed by atoms with Crippen molar-refractivity contribution in [3.63, 3.8) is 0 Å². The zero-order chi connectivity index (χ0) is 91.2. The first kappa shape index (κ1) is 95.3. The molecule has 0 radical (unpaired) electrons. The molecule has 0 aliphatic carbocycles. The first-order valence-electron chi connectivity index (χ1n) is 42.0. The molecule has 0 bridgehead atoms. The van der Waals surface area contributed by atoms with Crippen LogP contribution in [0.5, 0.6) is 23.0 Å². The van der Waals surface area contributed by atoms with Gasteiger partial charge in [0.05, 0.1) is 77.4 Å². The van der Waals surface area contributed by atoms with Gasteiger partial charge in [0.15, 0.2) is 0 Å². The van der Waals surface area contributed by atoms with Crippen molar-refractivity contribution in [1.82, 2.24) is 74.8 Å². The van der Waals surface area contributed by atoms with Gasteiger partial charge in [0, 0.05) is 212 Å². The first-order valence-corrected chi connectivity index (χ1v) is 43.5. The summed E-state index contributed by atoms with van der Waals surface area (Å²) >= 11 is 24.9. The molecule has 3 aliphatic heterocycles. The van der Waals surface area contributed by atoms with Gasteiger partial charge in [0.25, 0.3) is 0 Å². The van der Waals surface area contributed by atoms with E-state index in [4.69, 9.17) is 122 Å².